The summed E-state index contributed by atoms with van der Waals surface area (Å²) in [7, 11) is 0. The summed E-state index contributed by atoms with van der Waals surface area (Å²) in [6, 6.07) is 7.04. The maximum atomic E-state index is 12.2. The number of allylic oxidation sites excluding steroid dienone is 7. The van der Waals surface area contributed by atoms with E-state index in [4.69, 9.17) is 0 Å². The monoisotopic (exact) mass is 294 g/mol. The standard InChI is InChI=1S/C20H22O2/c1-14(17-10-6-4-5-7-11-17)15(2)20(16(3)21)18-12-8-9-13-19(18)22/h4-10,12-13,15,20,22H,1,11H2,2-3H3. The van der Waals surface area contributed by atoms with Crippen LogP contribution in [0.25, 0.3) is 0 Å². The Morgan fingerprint density at radius 3 is 2.64 bits per heavy atom. The van der Waals surface area contributed by atoms with Crippen molar-refractivity contribution in [3.05, 3.63) is 77.9 Å². The van der Waals surface area contributed by atoms with Crippen molar-refractivity contribution in [2.75, 3.05) is 0 Å². The van der Waals surface area contributed by atoms with Crippen molar-refractivity contribution in [3.8, 4) is 5.75 Å². The van der Waals surface area contributed by atoms with Gasteiger partial charge in [-0.2, -0.15) is 0 Å². The second-order valence-electron chi connectivity index (χ2n) is 5.67. The first-order valence-corrected chi connectivity index (χ1v) is 7.52. The third kappa shape index (κ3) is 3.45. The number of phenolic OH excluding ortho intramolecular Hbond substituents is 1. The molecule has 114 valence electrons. The van der Waals surface area contributed by atoms with Gasteiger partial charge in [0.25, 0.3) is 0 Å². The van der Waals surface area contributed by atoms with Gasteiger partial charge in [-0.15, -0.1) is 0 Å². The summed E-state index contributed by atoms with van der Waals surface area (Å²) >= 11 is 0. The molecular weight excluding hydrogens is 272 g/mol. The summed E-state index contributed by atoms with van der Waals surface area (Å²) in [5.74, 6) is -0.254. The highest BCUT2D eigenvalue weighted by Gasteiger charge is 2.28. The number of hydrogen-bond donors (Lipinski definition) is 1. The molecule has 22 heavy (non-hydrogen) atoms. The van der Waals surface area contributed by atoms with Crippen LogP contribution in [0.1, 0.15) is 31.7 Å². The van der Waals surface area contributed by atoms with Crippen molar-refractivity contribution in [3.63, 3.8) is 0 Å². The average Bonchev–Trinajstić information content (AvgIpc) is 2.77. The highest BCUT2D eigenvalue weighted by atomic mass is 16.3. The Labute approximate surface area is 132 Å². The molecule has 2 heteroatoms. The molecule has 1 aliphatic rings. The minimum absolute atomic E-state index is 0.0375. The van der Waals surface area contributed by atoms with Gasteiger partial charge in [-0.25, -0.2) is 0 Å². The fraction of sp³-hybridized carbons (Fsp3) is 0.250. The molecule has 2 rings (SSSR count). The number of carbonyl (C=O) groups is 1. The van der Waals surface area contributed by atoms with Gasteiger partial charge < -0.3 is 5.11 Å². The molecule has 2 nitrogen and oxygen atoms in total. The largest absolute Gasteiger partial charge is 0.508 e. The van der Waals surface area contributed by atoms with E-state index in [2.05, 4.69) is 12.7 Å². The SMILES string of the molecule is C=C(C1=CC=CC=CC1)C(C)C(C(C)=O)c1ccccc1O. The molecule has 0 radical (unpaired) electrons. The van der Waals surface area contributed by atoms with Gasteiger partial charge in [0.15, 0.2) is 0 Å². The van der Waals surface area contributed by atoms with Gasteiger partial charge in [-0.3, -0.25) is 4.79 Å². The second-order valence-corrected chi connectivity index (χ2v) is 5.67. The summed E-state index contributed by atoms with van der Waals surface area (Å²) in [6.07, 6.45) is 10.9. The lowest BCUT2D eigenvalue weighted by molar-refractivity contribution is -0.119. The number of benzene rings is 1. The van der Waals surface area contributed by atoms with E-state index in [1.165, 1.54) is 0 Å². The molecule has 1 N–H and O–H groups in total. The van der Waals surface area contributed by atoms with Gasteiger partial charge in [0, 0.05) is 5.56 Å². The van der Waals surface area contributed by atoms with Crippen LogP contribution in [0.2, 0.25) is 0 Å². The minimum atomic E-state index is -0.384. The number of para-hydroxylation sites is 1. The van der Waals surface area contributed by atoms with Crippen molar-refractivity contribution in [1.82, 2.24) is 0 Å². The van der Waals surface area contributed by atoms with Crippen LogP contribution in [0.4, 0.5) is 0 Å². The fourth-order valence-electron chi connectivity index (χ4n) is 2.90. The van der Waals surface area contributed by atoms with Crippen LogP contribution in [0.3, 0.4) is 0 Å². The molecule has 0 aliphatic heterocycles. The van der Waals surface area contributed by atoms with Crippen molar-refractivity contribution < 1.29 is 9.90 Å². The molecule has 1 aromatic carbocycles. The number of carbonyl (C=O) groups excluding carboxylic acids is 1. The first-order chi connectivity index (χ1) is 10.5. The third-order valence-corrected chi connectivity index (χ3v) is 4.17. The number of Topliss-reactive ketones (excluding diaryl/α,β-unsaturated/α-hetero) is 1. The number of phenols is 1. The predicted octanol–water partition coefficient (Wildman–Crippen LogP) is 4.70. The maximum absolute atomic E-state index is 12.2. The van der Waals surface area contributed by atoms with Crippen molar-refractivity contribution in [2.24, 2.45) is 5.92 Å². The van der Waals surface area contributed by atoms with Crippen LogP contribution in [0.15, 0.2) is 72.4 Å². The normalized spacial score (nSPS) is 16.5. The van der Waals surface area contributed by atoms with Gasteiger partial charge in [-0.05, 0) is 36.5 Å². The molecule has 1 aromatic rings. The quantitative estimate of drug-likeness (QED) is 0.854. The molecule has 0 aromatic heterocycles. The second kappa shape index (κ2) is 7.08. The van der Waals surface area contributed by atoms with Crippen molar-refractivity contribution >= 4 is 5.78 Å². The van der Waals surface area contributed by atoms with Crippen molar-refractivity contribution in [2.45, 2.75) is 26.2 Å². The van der Waals surface area contributed by atoms with E-state index < -0.39 is 0 Å². The topological polar surface area (TPSA) is 37.3 Å². The molecule has 0 heterocycles. The average molecular weight is 294 g/mol. The molecular formula is C20H22O2. The number of rotatable bonds is 5. The highest BCUT2D eigenvalue weighted by molar-refractivity contribution is 5.85. The van der Waals surface area contributed by atoms with Crippen LogP contribution in [-0.4, -0.2) is 10.9 Å². The van der Waals surface area contributed by atoms with E-state index in [0.717, 1.165) is 17.6 Å². The molecule has 0 saturated carbocycles. The van der Waals surface area contributed by atoms with E-state index in [1.807, 2.05) is 43.4 Å². The number of hydrogen-bond acceptors (Lipinski definition) is 2. The fourth-order valence-corrected chi connectivity index (χ4v) is 2.90. The summed E-state index contributed by atoms with van der Waals surface area (Å²) in [6.45, 7) is 7.78. The first kappa shape index (κ1) is 16.0. The Bertz CT molecular complexity index is 662. The van der Waals surface area contributed by atoms with Gasteiger partial charge in [0.1, 0.15) is 11.5 Å². The molecule has 0 spiro atoms. The molecule has 1 aliphatic carbocycles. The zero-order valence-electron chi connectivity index (χ0n) is 13.1. The molecule has 0 saturated heterocycles. The Hall–Kier alpha value is -2.35. The third-order valence-electron chi connectivity index (χ3n) is 4.17. The highest BCUT2D eigenvalue weighted by Crippen LogP contribution is 2.38. The van der Waals surface area contributed by atoms with Crippen molar-refractivity contribution in [1.29, 1.82) is 0 Å². The van der Waals surface area contributed by atoms with E-state index in [0.29, 0.717) is 5.56 Å². The van der Waals surface area contributed by atoms with Crippen LogP contribution in [-0.2, 0) is 4.79 Å². The lowest BCUT2D eigenvalue weighted by Crippen LogP contribution is -2.20. The zero-order chi connectivity index (χ0) is 16.1. The molecule has 2 unspecified atom stereocenters. The maximum Gasteiger partial charge on any atom is 0.138 e. The van der Waals surface area contributed by atoms with Gasteiger partial charge in [0.2, 0.25) is 0 Å². The molecule has 0 bridgehead atoms. The summed E-state index contributed by atoms with van der Waals surface area (Å²) in [5.41, 5.74) is 2.74. The Kier molecular flexibility index (Phi) is 5.16. The lowest BCUT2D eigenvalue weighted by Gasteiger charge is -2.26. The van der Waals surface area contributed by atoms with Crippen LogP contribution < -0.4 is 0 Å². The van der Waals surface area contributed by atoms with E-state index in [9.17, 15) is 9.90 Å². The van der Waals surface area contributed by atoms with E-state index in [1.54, 1.807) is 19.1 Å². The van der Waals surface area contributed by atoms with Gasteiger partial charge >= 0.3 is 0 Å². The molecule has 2 atom stereocenters. The summed E-state index contributed by atoms with van der Waals surface area (Å²) < 4.78 is 0. The van der Waals surface area contributed by atoms with Crippen LogP contribution >= 0.6 is 0 Å². The number of ketones is 1. The van der Waals surface area contributed by atoms with Crippen LogP contribution in [0.5, 0.6) is 5.75 Å². The first-order valence-electron chi connectivity index (χ1n) is 7.52. The van der Waals surface area contributed by atoms with Gasteiger partial charge in [-0.1, -0.05) is 62.1 Å². The van der Waals surface area contributed by atoms with Crippen LogP contribution in [0, 0.1) is 5.92 Å². The summed E-state index contributed by atoms with van der Waals surface area (Å²) in [4.78, 5) is 12.2. The summed E-state index contributed by atoms with van der Waals surface area (Å²) in [5, 5.41) is 10.1. The molecule has 0 amide bonds. The number of aromatic hydroxyl groups is 1. The predicted molar refractivity (Wildman–Crippen MR) is 90.8 cm³/mol. The Balaban J connectivity index is 2.33. The minimum Gasteiger partial charge on any atom is -0.508 e. The van der Waals surface area contributed by atoms with E-state index in [-0.39, 0.29) is 23.4 Å². The van der Waals surface area contributed by atoms with Gasteiger partial charge in [0.05, 0.1) is 5.92 Å². The Morgan fingerprint density at radius 2 is 1.95 bits per heavy atom. The zero-order valence-corrected chi connectivity index (χ0v) is 13.1. The molecule has 0 fully saturated rings. The smallest absolute Gasteiger partial charge is 0.138 e. The Morgan fingerprint density at radius 1 is 1.23 bits per heavy atom. The lowest BCUT2D eigenvalue weighted by atomic mass is 9.77. The van der Waals surface area contributed by atoms with E-state index >= 15 is 0 Å².